The number of hydrogen-bond acceptors (Lipinski definition) is 4. The van der Waals surface area contributed by atoms with Gasteiger partial charge in [0, 0.05) is 51.0 Å². The third kappa shape index (κ3) is 8.04. The first-order valence-corrected chi connectivity index (χ1v) is 11.4. The molecule has 1 aromatic carbocycles. The van der Waals surface area contributed by atoms with Crippen molar-refractivity contribution in [3.8, 4) is 0 Å². The van der Waals surface area contributed by atoms with Gasteiger partial charge in [-0.2, -0.15) is 5.10 Å². The smallest absolute Gasteiger partial charge is 0.191 e. The Morgan fingerprint density at radius 1 is 1.28 bits per heavy atom. The number of aryl methyl sites for hydroxylation is 2. The normalized spacial score (nSPS) is 16.6. The number of halogens is 1. The van der Waals surface area contributed by atoms with Crippen LogP contribution in [0.25, 0.3) is 0 Å². The quantitative estimate of drug-likeness (QED) is 0.299. The van der Waals surface area contributed by atoms with Gasteiger partial charge in [0.05, 0.1) is 18.8 Å². The number of aromatic nitrogens is 2. The number of likely N-dealkylation sites (N-methyl/N-ethyl adjacent to an activating group) is 1. The van der Waals surface area contributed by atoms with Crippen LogP contribution in [0.5, 0.6) is 0 Å². The van der Waals surface area contributed by atoms with Crippen molar-refractivity contribution in [3.63, 3.8) is 0 Å². The lowest BCUT2D eigenvalue weighted by Gasteiger charge is -2.33. The van der Waals surface area contributed by atoms with Gasteiger partial charge in [0.15, 0.2) is 5.96 Å². The predicted molar refractivity (Wildman–Crippen MR) is 144 cm³/mol. The van der Waals surface area contributed by atoms with E-state index in [-0.39, 0.29) is 30.0 Å². The highest BCUT2D eigenvalue weighted by Gasteiger charge is 2.21. The van der Waals surface area contributed by atoms with Crippen LogP contribution in [0.3, 0.4) is 0 Å². The second-order valence-electron chi connectivity index (χ2n) is 8.83. The van der Waals surface area contributed by atoms with Crippen LogP contribution in [0.15, 0.2) is 41.7 Å². The first kappa shape index (κ1) is 26.6. The van der Waals surface area contributed by atoms with E-state index in [2.05, 4.69) is 83.9 Å². The molecule has 2 aromatic rings. The van der Waals surface area contributed by atoms with Crippen LogP contribution in [0.4, 0.5) is 0 Å². The Bertz CT molecular complexity index is 840. The summed E-state index contributed by atoms with van der Waals surface area (Å²) < 4.78 is 1.85. The molecular formula is C24H40IN7. The first-order valence-electron chi connectivity index (χ1n) is 11.4. The molecule has 7 nitrogen and oxygen atoms in total. The monoisotopic (exact) mass is 553 g/mol. The van der Waals surface area contributed by atoms with Gasteiger partial charge in [-0.05, 0) is 46.3 Å². The maximum Gasteiger partial charge on any atom is 0.191 e. The lowest BCUT2D eigenvalue weighted by Crippen LogP contribution is -2.48. The van der Waals surface area contributed by atoms with Crippen molar-refractivity contribution < 1.29 is 0 Å². The number of nitrogens with one attached hydrogen (secondary N) is 2. The summed E-state index contributed by atoms with van der Waals surface area (Å²) in [5.74, 6) is 0.912. The molecule has 1 saturated heterocycles. The fraction of sp³-hybridized carbons (Fsp3) is 0.583. The van der Waals surface area contributed by atoms with Crippen LogP contribution >= 0.6 is 24.0 Å². The molecule has 1 fully saturated rings. The van der Waals surface area contributed by atoms with E-state index in [1.165, 1.54) is 16.7 Å². The molecule has 0 amide bonds. The number of rotatable bonds is 8. The summed E-state index contributed by atoms with van der Waals surface area (Å²) >= 11 is 0. The Labute approximate surface area is 210 Å². The van der Waals surface area contributed by atoms with Crippen LogP contribution in [0, 0.1) is 6.92 Å². The highest BCUT2D eigenvalue weighted by Crippen LogP contribution is 2.18. The number of piperidine rings is 1. The lowest BCUT2D eigenvalue weighted by molar-refractivity contribution is 0.198. The Balaban J connectivity index is 0.00000363. The predicted octanol–water partition coefficient (Wildman–Crippen LogP) is 3.17. The summed E-state index contributed by atoms with van der Waals surface area (Å²) in [4.78, 5) is 9.67. The number of guanidine groups is 1. The Kier molecular flexibility index (Phi) is 10.9. The molecule has 1 aliphatic rings. The zero-order valence-corrected chi connectivity index (χ0v) is 22.5. The molecule has 0 bridgehead atoms. The van der Waals surface area contributed by atoms with Gasteiger partial charge in [0.2, 0.25) is 0 Å². The largest absolute Gasteiger partial charge is 0.357 e. The average molecular weight is 554 g/mol. The summed E-state index contributed by atoms with van der Waals surface area (Å²) in [6.45, 7) is 9.10. The van der Waals surface area contributed by atoms with Crippen molar-refractivity contribution >= 4 is 29.9 Å². The van der Waals surface area contributed by atoms with Gasteiger partial charge in [-0.15, -0.1) is 24.0 Å². The van der Waals surface area contributed by atoms with Crippen molar-refractivity contribution in [1.29, 1.82) is 0 Å². The number of nitrogens with zero attached hydrogens (tertiary/aromatic N) is 5. The second kappa shape index (κ2) is 13.2. The van der Waals surface area contributed by atoms with Gasteiger partial charge in [-0.1, -0.05) is 29.8 Å². The molecule has 8 heteroatoms. The van der Waals surface area contributed by atoms with Crippen molar-refractivity contribution in [1.82, 2.24) is 30.2 Å². The molecule has 0 aliphatic carbocycles. The van der Waals surface area contributed by atoms with Crippen LogP contribution in [-0.4, -0.2) is 71.9 Å². The fourth-order valence-corrected chi connectivity index (χ4v) is 4.17. The molecule has 178 valence electrons. The van der Waals surface area contributed by atoms with Gasteiger partial charge < -0.3 is 15.5 Å². The zero-order valence-electron chi connectivity index (χ0n) is 20.2. The minimum Gasteiger partial charge on any atom is -0.357 e. The summed E-state index contributed by atoms with van der Waals surface area (Å²) in [5, 5.41) is 11.4. The van der Waals surface area contributed by atoms with E-state index in [0.29, 0.717) is 12.6 Å². The Hall–Kier alpha value is -1.65. The van der Waals surface area contributed by atoms with Crippen LogP contribution < -0.4 is 10.6 Å². The molecule has 0 radical (unpaired) electrons. The highest BCUT2D eigenvalue weighted by atomic mass is 127. The third-order valence-electron chi connectivity index (χ3n) is 5.92. The molecular weight excluding hydrogens is 513 g/mol. The zero-order chi connectivity index (χ0) is 22.2. The SMILES string of the molecule is CCNC(=NCC(c1cnn(C)c1)N(C)C)NC1CCN(Cc2cccc(C)c2)CC1.I. The average Bonchev–Trinajstić information content (AvgIpc) is 3.15. The second-order valence-corrected chi connectivity index (χ2v) is 8.83. The molecule has 2 heterocycles. The third-order valence-corrected chi connectivity index (χ3v) is 5.92. The summed E-state index contributed by atoms with van der Waals surface area (Å²) in [6, 6.07) is 9.52. The topological polar surface area (TPSA) is 60.7 Å². The van der Waals surface area contributed by atoms with E-state index in [1.807, 2.05) is 17.9 Å². The highest BCUT2D eigenvalue weighted by molar-refractivity contribution is 14.0. The van der Waals surface area contributed by atoms with Crippen LogP contribution in [0.2, 0.25) is 0 Å². The van der Waals surface area contributed by atoms with Crippen molar-refractivity contribution in [2.24, 2.45) is 12.0 Å². The van der Waals surface area contributed by atoms with E-state index < -0.39 is 0 Å². The fourth-order valence-electron chi connectivity index (χ4n) is 4.17. The Morgan fingerprint density at radius 3 is 2.62 bits per heavy atom. The van der Waals surface area contributed by atoms with Gasteiger partial charge in [-0.25, -0.2) is 0 Å². The van der Waals surface area contributed by atoms with Crippen LogP contribution in [-0.2, 0) is 13.6 Å². The summed E-state index contributed by atoms with van der Waals surface area (Å²) in [6.07, 6.45) is 6.28. The molecule has 2 N–H and O–H groups in total. The summed E-state index contributed by atoms with van der Waals surface area (Å²) in [7, 11) is 6.14. The maximum absolute atomic E-state index is 4.91. The molecule has 0 spiro atoms. The molecule has 3 rings (SSSR count). The van der Waals surface area contributed by atoms with Gasteiger partial charge in [-0.3, -0.25) is 14.6 Å². The Morgan fingerprint density at radius 2 is 2.03 bits per heavy atom. The van der Waals surface area contributed by atoms with Gasteiger partial charge in [0.25, 0.3) is 0 Å². The van der Waals surface area contributed by atoms with Gasteiger partial charge in [0.1, 0.15) is 0 Å². The standard InChI is InChI=1S/C24H39N7.HI/c1-6-25-24(26-16-23(29(3)4)21-15-27-30(5)18-21)28-22-10-12-31(13-11-22)17-20-9-7-8-19(2)14-20;/h7-9,14-15,18,22-23H,6,10-13,16-17H2,1-5H3,(H2,25,26,28);1H. The molecule has 1 atom stereocenters. The maximum atomic E-state index is 4.91. The van der Waals surface area contributed by atoms with E-state index in [4.69, 9.17) is 4.99 Å². The molecule has 1 unspecified atom stereocenters. The molecule has 1 aromatic heterocycles. The molecule has 32 heavy (non-hydrogen) atoms. The molecule has 0 saturated carbocycles. The number of hydrogen-bond donors (Lipinski definition) is 2. The summed E-state index contributed by atoms with van der Waals surface area (Å²) in [5.41, 5.74) is 3.94. The van der Waals surface area contributed by atoms with Crippen molar-refractivity contribution in [2.45, 2.75) is 45.3 Å². The van der Waals surface area contributed by atoms with E-state index in [9.17, 15) is 0 Å². The minimum absolute atomic E-state index is 0. The van der Waals surface area contributed by atoms with E-state index in [1.54, 1.807) is 0 Å². The number of aliphatic imine (C=N–C) groups is 1. The minimum atomic E-state index is 0. The van der Waals surface area contributed by atoms with Crippen molar-refractivity contribution in [3.05, 3.63) is 53.3 Å². The lowest BCUT2D eigenvalue weighted by atomic mass is 10.0. The van der Waals surface area contributed by atoms with Gasteiger partial charge >= 0.3 is 0 Å². The van der Waals surface area contributed by atoms with E-state index in [0.717, 1.165) is 45.0 Å². The van der Waals surface area contributed by atoms with Crippen molar-refractivity contribution in [2.75, 3.05) is 40.3 Å². The van der Waals surface area contributed by atoms with Crippen LogP contribution in [0.1, 0.15) is 42.5 Å². The molecule has 1 aliphatic heterocycles. The first-order chi connectivity index (χ1) is 14.9. The number of likely N-dealkylation sites (tertiary alicyclic amines) is 1. The number of benzene rings is 1. The van der Waals surface area contributed by atoms with E-state index >= 15 is 0 Å².